The molecule has 3 aromatic rings. The Hall–Kier alpha value is -2.39. The van der Waals surface area contributed by atoms with E-state index in [1.54, 1.807) is 0 Å². The molecule has 1 aliphatic rings. The van der Waals surface area contributed by atoms with Crippen LogP contribution in [-0.4, -0.2) is 46.3 Å². The van der Waals surface area contributed by atoms with E-state index in [0.717, 1.165) is 16.8 Å². The molecular weight excluding hydrogens is 432 g/mol. The third-order valence-electron chi connectivity index (χ3n) is 5.71. The summed E-state index contributed by atoms with van der Waals surface area (Å²) in [7, 11) is -1.05. The van der Waals surface area contributed by atoms with Gasteiger partial charge in [-0.25, -0.2) is 8.42 Å². The van der Waals surface area contributed by atoms with Gasteiger partial charge in [-0.2, -0.15) is 0 Å². The molecule has 9 heteroatoms. The number of aromatic nitrogens is 3. The van der Waals surface area contributed by atoms with Crippen LogP contribution in [0.2, 0.25) is 0 Å². The van der Waals surface area contributed by atoms with Gasteiger partial charge >= 0.3 is 0 Å². The van der Waals surface area contributed by atoms with Crippen LogP contribution in [0.4, 0.5) is 0 Å². The minimum atomic E-state index is -2.91. The number of nitrogens with zero attached hydrogens (tertiary/aromatic N) is 3. The number of hydrogen-bond donors (Lipinski definition) is 1. The average molecular weight is 459 g/mol. The van der Waals surface area contributed by atoms with Crippen LogP contribution >= 0.6 is 11.8 Å². The molecule has 0 unspecified atom stereocenters. The van der Waals surface area contributed by atoms with Crippen LogP contribution in [0.1, 0.15) is 30.8 Å². The Labute approximate surface area is 186 Å². The van der Waals surface area contributed by atoms with Gasteiger partial charge in [0.05, 0.1) is 23.3 Å². The fourth-order valence-corrected chi connectivity index (χ4v) is 6.52. The summed E-state index contributed by atoms with van der Waals surface area (Å²) in [5.41, 5.74) is 1.06. The van der Waals surface area contributed by atoms with Crippen molar-refractivity contribution in [3.05, 3.63) is 53.9 Å². The van der Waals surface area contributed by atoms with Gasteiger partial charge < -0.3 is 9.88 Å². The number of amides is 1. The van der Waals surface area contributed by atoms with E-state index >= 15 is 0 Å². The SMILES string of the molecule is C[C@@H](NC(=O)CSc1nnc(C[C@@H]2CCS(=O)(=O)C2)n1C)c1ccc2ccccc2c1. The van der Waals surface area contributed by atoms with Crippen molar-refractivity contribution >= 4 is 38.3 Å². The summed E-state index contributed by atoms with van der Waals surface area (Å²) in [4.78, 5) is 12.5. The molecule has 4 rings (SSSR count). The summed E-state index contributed by atoms with van der Waals surface area (Å²) in [5, 5.41) is 14.4. The molecule has 1 amide bonds. The van der Waals surface area contributed by atoms with Gasteiger partial charge in [0, 0.05) is 13.5 Å². The van der Waals surface area contributed by atoms with Crippen molar-refractivity contribution in [2.45, 2.75) is 31.0 Å². The Balaban J connectivity index is 1.31. The van der Waals surface area contributed by atoms with Gasteiger partial charge in [-0.15, -0.1) is 10.2 Å². The maximum absolute atomic E-state index is 12.5. The predicted octanol–water partition coefficient (Wildman–Crippen LogP) is 2.92. The van der Waals surface area contributed by atoms with E-state index in [-0.39, 0.29) is 35.1 Å². The first-order chi connectivity index (χ1) is 14.8. The Morgan fingerprint density at radius 1 is 1.23 bits per heavy atom. The largest absolute Gasteiger partial charge is 0.349 e. The van der Waals surface area contributed by atoms with Crippen LogP contribution in [0.5, 0.6) is 0 Å². The maximum atomic E-state index is 12.5. The molecule has 31 heavy (non-hydrogen) atoms. The van der Waals surface area contributed by atoms with Gasteiger partial charge in [0.15, 0.2) is 15.0 Å². The number of nitrogens with one attached hydrogen (secondary N) is 1. The predicted molar refractivity (Wildman–Crippen MR) is 123 cm³/mol. The highest BCUT2D eigenvalue weighted by atomic mass is 32.2. The van der Waals surface area contributed by atoms with Crippen LogP contribution < -0.4 is 5.32 Å². The van der Waals surface area contributed by atoms with Crippen molar-refractivity contribution in [3.8, 4) is 0 Å². The van der Waals surface area contributed by atoms with Crippen LogP contribution in [0.25, 0.3) is 10.8 Å². The molecule has 1 aromatic heterocycles. The van der Waals surface area contributed by atoms with E-state index in [2.05, 4.69) is 39.8 Å². The molecule has 1 saturated heterocycles. The molecule has 164 valence electrons. The molecule has 1 fully saturated rings. The number of hydrogen-bond acceptors (Lipinski definition) is 6. The molecule has 0 radical (unpaired) electrons. The number of benzene rings is 2. The molecule has 2 aromatic carbocycles. The summed E-state index contributed by atoms with van der Waals surface area (Å²) in [6.45, 7) is 1.97. The highest BCUT2D eigenvalue weighted by molar-refractivity contribution is 7.99. The fraction of sp³-hybridized carbons (Fsp3) is 0.409. The number of sulfone groups is 1. The van der Waals surface area contributed by atoms with Crippen LogP contribution in [-0.2, 0) is 28.1 Å². The third kappa shape index (κ3) is 5.27. The topological polar surface area (TPSA) is 94.0 Å². The molecule has 1 aliphatic heterocycles. The van der Waals surface area contributed by atoms with Crippen molar-refractivity contribution in [2.24, 2.45) is 13.0 Å². The van der Waals surface area contributed by atoms with E-state index < -0.39 is 9.84 Å². The lowest BCUT2D eigenvalue weighted by Crippen LogP contribution is -2.28. The zero-order valence-corrected chi connectivity index (χ0v) is 19.2. The fourth-order valence-electron chi connectivity index (χ4n) is 3.91. The van der Waals surface area contributed by atoms with Crippen molar-refractivity contribution in [1.29, 1.82) is 0 Å². The van der Waals surface area contributed by atoms with Gasteiger partial charge in [-0.1, -0.05) is 48.2 Å². The molecule has 0 bridgehead atoms. The quantitative estimate of drug-likeness (QED) is 0.547. The smallest absolute Gasteiger partial charge is 0.230 e. The van der Waals surface area contributed by atoms with E-state index in [4.69, 9.17) is 0 Å². The molecule has 2 atom stereocenters. The van der Waals surface area contributed by atoms with E-state index in [0.29, 0.717) is 18.0 Å². The van der Waals surface area contributed by atoms with Gasteiger partial charge in [-0.3, -0.25) is 4.79 Å². The van der Waals surface area contributed by atoms with Gasteiger partial charge in [0.1, 0.15) is 5.82 Å². The van der Waals surface area contributed by atoms with Gasteiger partial charge in [-0.05, 0) is 41.7 Å². The number of thioether (sulfide) groups is 1. The molecule has 0 spiro atoms. The minimum Gasteiger partial charge on any atom is -0.349 e. The lowest BCUT2D eigenvalue weighted by Gasteiger charge is -2.15. The number of carbonyl (C=O) groups excluding carboxylic acids is 1. The second kappa shape index (κ2) is 9.00. The molecule has 2 heterocycles. The molecule has 0 aliphatic carbocycles. The first-order valence-electron chi connectivity index (χ1n) is 10.3. The Bertz CT molecular complexity index is 1210. The second-order valence-corrected chi connectivity index (χ2v) is 11.3. The second-order valence-electron chi connectivity index (χ2n) is 8.12. The lowest BCUT2D eigenvalue weighted by molar-refractivity contribution is -0.119. The van der Waals surface area contributed by atoms with E-state index in [9.17, 15) is 13.2 Å². The first-order valence-corrected chi connectivity index (χ1v) is 13.1. The summed E-state index contributed by atoms with van der Waals surface area (Å²) < 4.78 is 25.2. The van der Waals surface area contributed by atoms with Gasteiger partial charge in [0.25, 0.3) is 0 Å². The zero-order chi connectivity index (χ0) is 22.0. The van der Waals surface area contributed by atoms with E-state index in [1.807, 2.05) is 36.7 Å². The van der Waals surface area contributed by atoms with Crippen LogP contribution in [0, 0.1) is 5.92 Å². The first kappa shape index (κ1) is 21.8. The average Bonchev–Trinajstić information content (AvgIpc) is 3.27. The monoisotopic (exact) mass is 458 g/mol. The minimum absolute atomic E-state index is 0.0721. The van der Waals surface area contributed by atoms with Crippen LogP contribution in [0.3, 0.4) is 0 Å². The van der Waals surface area contributed by atoms with Gasteiger partial charge in [0.2, 0.25) is 5.91 Å². The third-order valence-corrected chi connectivity index (χ3v) is 8.56. The number of fused-ring (bicyclic) bond motifs is 1. The van der Waals surface area contributed by atoms with Crippen molar-refractivity contribution < 1.29 is 13.2 Å². The van der Waals surface area contributed by atoms with Crippen molar-refractivity contribution in [2.75, 3.05) is 17.3 Å². The summed E-state index contributed by atoms with van der Waals surface area (Å²) in [6, 6.07) is 14.3. The van der Waals surface area contributed by atoms with Crippen LogP contribution in [0.15, 0.2) is 47.6 Å². The molecular formula is C22H26N4O3S2. The van der Waals surface area contributed by atoms with Crippen molar-refractivity contribution in [3.63, 3.8) is 0 Å². The zero-order valence-electron chi connectivity index (χ0n) is 17.6. The number of rotatable bonds is 7. The Morgan fingerprint density at radius 2 is 2.00 bits per heavy atom. The maximum Gasteiger partial charge on any atom is 0.230 e. The number of carbonyl (C=O) groups is 1. The molecule has 1 N–H and O–H groups in total. The Kier molecular flexibility index (Phi) is 6.34. The molecule has 7 nitrogen and oxygen atoms in total. The normalized spacial score (nSPS) is 18.8. The van der Waals surface area contributed by atoms with E-state index in [1.165, 1.54) is 17.1 Å². The lowest BCUT2D eigenvalue weighted by atomic mass is 10.0. The summed E-state index contributed by atoms with van der Waals surface area (Å²) in [6.07, 6.45) is 1.27. The Morgan fingerprint density at radius 3 is 2.74 bits per heavy atom. The van der Waals surface area contributed by atoms with Crippen molar-refractivity contribution in [1.82, 2.24) is 20.1 Å². The standard InChI is InChI=1S/C22H26N4O3S2/c1-15(18-8-7-17-5-3-4-6-19(17)12-18)23-21(27)13-30-22-25-24-20(26(22)2)11-16-9-10-31(28,29)14-16/h3-8,12,15-16H,9-11,13-14H2,1-2H3,(H,23,27)/t15-,16+/m1/s1. The summed E-state index contributed by atoms with van der Waals surface area (Å²) >= 11 is 1.33. The highest BCUT2D eigenvalue weighted by Gasteiger charge is 2.29. The highest BCUT2D eigenvalue weighted by Crippen LogP contribution is 2.24. The summed E-state index contributed by atoms with van der Waals surface area (Å²) in [5.74, 6) is 1.50. The molecule has 0 saturated carbocycles.